The van der Waals surface area contributed by atoms with Crippen LogP contribution >= 0.6 is 23.6 Å². The Morgan fingerprint density at radius 2 is 2.35 bits per heavy atom. The van der Waals surface area contributed by atoms with Crippen molar-refractivity contribution in [1.82, 2.24) is 5.32 Å². The summed E-state index contributed by atoms with van der Waals surface area (Å²) >= 11 is 6.49. The van der Waals surface area contributed by atoms with Crippen LogP contribution in [-0.4, -0.2) is 10.9 Å². The highest BCUT2D eigenvalue weighted by atomic mass is 32.1. The first-order valence-electron chi connectivity index (χ1n) is 5.69. The van der Waals surface area contributed by atoms with Gasteiger partial charge in [0.2, 0.25) is 5.91 Å². The van der Waals surface area contributed by atoms with Crippen LogP contribution < -0.4 is 11.1 Å². The van der Waals surface area contributed by atoms with Crippen LogP contribution in [0.1, 0.15) is 37.6 Å². The largest absolute Gasteiger partial charge is 0.393 e. The summed E-state index contributed by atoms with van der Waals surface area (Å²) in [4.78, 5) is 13.3. The highest BCUT2D eigenvalue weighted by Gasteiger charge is 2.20. The molecule has 3 N–H and O–H groups in total. The molecule has 94 valence electrons. The summed E-state index contributed by atoms with van der Waals surface area (Å²) in [5.41, 5.74) is 5.48. The monoisotopic (exact) mass is 270 g/mol. The van der Waals surface area contributed by atoms with Crippen molar-refractivity contribution in [2.45, 2.75) is 32.7 Å². The molecule has 0 fully saturated rings. The van der Waals surface area contributed by atoms with Crippen molar-refractivity contribution in [1.29, 1.82) is 0 Å². The molecule has 3 nitrogen and oxygen atoms in total. The number of hydrogen-bond donors (Lipinski definition) is 2. The number of carbonyl (C=O) groups is 1. The molecule has 1 rings (SSSR count). The quantitative estimate of drug-likeness (QED) is 0.781. The van der Waals surface area contributed by atoms with E-state index in [4.69, 9.17) is 18.0 Å². The van der Waals surface area contributed by atoms with Crippen molar-refractivity contribution < 1.29 is 4.79 Å². The van der Waals surface area contributed by atoms with E-state index in [9.17, 15) is 4.79 Å². The van der Waals surface area contributed by atoms with Crippen molar-refractivity contribution >= 4 is 34.5 Å². The normalized spacial score (nSPS) is 14.0. The Hall–Kier alpha value is -0.940. The van der Waals surface area contributed by atoms with E-state index in [0.717, 1.165) is 12.8 Å². The molecule has 0 saturated carbocycles. The third-order valence-electron chi connectivity index (χ3n) is 2.60. The lowest BCUT2D eigenvalue weighted by Crippen LogP contribution is -2.37. The highest BCUT2D eigenvalue weighted by Crippen LogP contribution is 2.23. The fourth-order valence-electron chi connectivity index (χ4n) is 1.49. The van der Waals surface area contributed by atoms with Gasteiger partial charge in [-0.3, -0.25) is 4.79 Å². The van der Waals surface area contributed by atoms with Crippen LogP contribution in [0.25, 0.3) is 0 Å². The summed E-state index contributed by atoms with van der Waals surface area (Å²) in [5.74, 6) is -0.506. The van der Waals surface area contributed by atoms with Gasteiger partial charge in [0, 0.05) is 4.88 Å². The molecular formula is C12H18N2OS2. The summed E-state index contributed by atoms with van der Waals surface area (Å²) < 4.78 is 0. The molecule has 5 heteroatoms. The van der Waals surface area contributed by atoms with E-state index in [-0.39, 0.29) is 16.9 Å². The minimum absolute atomic E-state index is 0.0734. The van der Waals surface area contributed by atoms with E-state index >= 15 is 0 Å². The summed E-state index contributed by atoms with van der Waals surface area (Å²) in [6.07, 6.45) is 1.95. The minimum Gasteiger partial charge on any atom is -0.393 e. The second-order valence-electron chi connectivity index (χ2n) is 3.99. The number of nitrogens with one attached hydrogen (secondary N) is 1. The molecule has 1 heterocycles. The van der Waals surface area contributed by atoms with Crippen molar-refractivity contribution in [3.63, 3.8) is 0 Å². The smallest absolute Gasteiger partial charge is 0.230 e. The molecule has 2 unspecified atom stereocenters. The van der Waals surface area contributed by atoms with Gasteiger partial charge in [-0.2, -0.15) is 0 Å². The fourth-order valence-corrected chi connectivity index (χ4v) is 2.41. The van der Waals surface area contributed by atoms with Gasteiger partial charge < -0.3 is 11.1 Å². The predicted octanol–water partition coefficient (Wildman–Crippen LogP) is 2.63. The molecule has 0 aliphatic carbocycles. The Labute approximate surface area is 111 Å². The van der Waals surface area contributed by atoms with E-state index < -0.39 is 5.92 Å². The maximum absolute atomic E-state index is 11.9. The SMILES string of the molecule is CCCC(NC(=O)C(C)C(N)=S)c1cccs1. The number of thiocarbonyl (C=S) groups is 1. The van der Waals surface area contributed by atoms with Crippen LogP contribution in [0.2, 0.25) is 0 Å². The van der Waals surface area contributed by atoms with E-state index in [2.05, 4.69) is 12.2 Å². The Balaban J connectivity index is 2.68. The molecule has 0 aliphatic heterocycles. The summed E-state index contributed by atoms with van der Waals surface area (Å²) in [6.45, 7) is 3.83. The predicted molar refractivity (Wildman–Crippen MR) is 76.1 cm³/mol. The van der Waals surface area contributed by atoms with E-state index in [0.29, 0.717) is 0 Å². The highest BCUT2D eigenvalue weighted by molar-refractivity contribution is 7.80. The zero-order valence-electron chi connectivity index (χ0n) is 10.1. The maximum atomic E-state index is 11.9. The van der Waals surface area contributed by atoms with Crippen LogP contribution in [0.4, 0.5) is 0 Å². The van der Waals surface area contributed by atoms with Crippen LogP contribution in [0.3, 0.4) is 0 Å². The standard InChI is InChI=1S/C12H18N2OS2/c1-3-5-9(10-6-4-7-17-10)14-12(15)8(2)11(13)16/h4,6-9H,3,5H2,1-2H3,(H2,13,16)(H,14,15). The minimum atomic E-state index is -0.413. The van der Waals surface area contributed by atoms with Crippen molar-refractivity contribution in [2.24, 2.45) is 11.7 Å². The molecule has 0 spiro atoms. The fraction of sp³-hybridized carbons (Fsp3) is 0.500. The summed E-state index contributed by atoms with van der Waals surface area (Å²) in [6, 6.07) is 4.10. The zero-order chi connectivity index (χ0) is 12.8. The van der Waals surface area contributed by atoms with Crippen molar-refractivity contribution in [3.05, 3.63) is 22.4 Å². The van der Waals surface area contributed by atoms with E-state index in [1.54, 1.807) is 18.3 Å². The molecule has 0 aromatic carbocycles. The second kappa shape index (κ2) is 6.71. The van der Waals surface area contributed by atoms with Crippen LogP contribution in [0.5, 0.6) is 0 Å². The zero-order valence-corrected chi connectivity index (χ0v) is 11.7. The van der Waals surface area contributed by atoms with Gasteiger partial charge in [0.1, 0.15) is 0 Å². The number of rotatable bonds is 6. The Bertz CT molecular complexity index is 376. The summed E-state index contributed by atoms with van der Waals surface area (Å²) in [7, 11) is 0. The summed E-state index contributed by atoms with van der Waals surface area (Å²) in [5, 5.41) is 5.02. The average Bonchev–Trinajstić information content (AvgIpc) is 2.80. The number of thiophene rings is 1. The Morgan fingerprint density at radius 1 is 1.65 bits per heavy atom. The third kappa shape index (κ3) is 4.09. The lowest BCUT2D eigenvalue weighted by Gasteiger charge is -2.19. The molecular weight excluding hydrogens is 252 g/mol. The molecule has 0 aliphatic rings. The van der Waals surface area contributed by atoms with Gasteiger partial charge in [-0.05, 0) is 24.8 Å². The molecule has 0 saturated heterocycles. The first kappa shape index (κ1) is 14.1. The van der Waals surface area contributed by atoms with E-state index in [1.165, 1.54) is 4.88 Å². The number of hydrogen-bond acceptors (Lipinski definition) is 3. The van der Waals surface area contributed by atoms with Gasteiger partial charge in [-0.1, -0.05) is 31.6 Å². The molecule has 0 radical (unpaired) electrons. The van der Waals surface area contributed by atoms with Crippen LogP contribution in [-0.2, 0) is 4.79 Å². The number of nitrogens with two attached hydrogens (primary N) is 1. The van der Waals surface area contributed by atoms with Gasteiger partial charge in [-0.25, -0.2) is 0 Å². The van der Waals surface area contributed by atoms with Gasteiger partial charge in [0.15, 0.2) is 0 Å². The van der Waals surface area contributed by atoms with Gasteiger partial charge in [0.25, 0.3) is 0 Å². The lowest BCUT2D eigenvalue weighted by molar-refractivity contribution is -0.123. The van der Waals surface area contributed by atoms with Gasteiger partial charge in [0.05, 0.1) is 16.9 Å². The van der Waals surface area contributed by atoms with Gasteiger partial charge >= 0.3 is 0 Å². The Morgan fingerprint density at radius 3 is 2.82 bits per heavy atom. The van der Waals surface area contributed by atoms with Crippen molar-refractivity contribution in [3.8, 4) is 0 Å². The van der Waals surface area contributed by atoms with Gasteiger partial charge in [-0.15, -0.1) is 11.3 Å². The second-order valence-corrected chi connectivity index (χ2v) is 5.44. The molecule has 1 aromatic rings. The van der Waals surface area contributed by atoms with Crippen LogP contribution in [0.15, 0.2) is 17.5 Å². The third-order valence-corrected chi connectivity index (χ3v) is 3.94. The lowest BCUT2D eigenvalue weighted by atomic mass is 10.1. The Kier molecular flexibility index (Phi) is 5.58. The van der Waals surface area contributed by atoms with E-state index in [1.807, 2.05) is 17.5 Å². The average molecular weight is 270 g/mol. The van der Waals surface area contributed by atoms with Crippen molar-refractivity contribution in [2.75, 3.05) is 0 Å². The maximum Gasteiger partial charge on any atom is 0.230 e. The topological polar surface area (TPSA) is 55.1 Å². The number of carbonyl (C=O) groups excluding carboxylic acids is 1. The number of amides is 1. The first-order chi connectivity index (χ1) is 8.06. The molecule has 1 amide bonds. The van der Waals surface area contributed by atoms with Crippen LogP contribution in [0, 0.1) is 5.92 Å². The first-order valence-corrected chi connectivity index (χ1v) is 6.98. The molecule has 0 bridgehead atoms. The molecule has 2 atom stereocenters. The molecule has 1 aromatic heterocycles. The molecule has 17 heavy (non-hydrogen) atoms.